The van der Waals surface area contributed by atoms with Crippen molar-refractivity contribution in [1.29, 1.82) is 0 Å². The number of pyridine rings is 1. The molecule has 2 N–H and O–H groups in total. The van der Waals surface area contributed by atoms with Crippen LogP contribution >= 0.6 is 11.6 Å². The quantitative estimate of drug-likeness (QED) is 0.404. The number of nitrogens with one attached hydrogen (secondary N) is 2. The molecule has 0 aliphatic heterocycles. The lowest BCUT2D eigenvalue weighted by Gasteiger charge is -2.13. The van der Waals surface area contributed by atoms with E-state index in [1.165, 1.54) is 0 Å². The van der Waals surface area contributed by atoms with Gasteiger partial charge in [-0.1, -0.05) is 29.8 Å². The van der Waals surface area contributed by atoms with Gasteiger partial charge >= 0.3 is 0 Å². The van der Waals surface area contributed by atoms with Crippen molar-refractivity contribution >= 4 is 29.1 Å². The van der Waals surface area contributed by atoms with Gasteiger partial charge in [0, 0.05) is 54.3 Å². The van der Waals surface area contributed by atoms with Gasteiger partial charge in [-0.2, -0.15) is 5.10 Å². The predicted octanol–water partition coefficient (Wildman–Crippen LogP) is 5.24. The van der Waals surface area contributed by atoms with Crippen LogP contribution in [0.25, 0.3) is 0 Å². The van der Waals surface area contributed by atoms with E-state index < -0.39 is 0 Å². The average molecular weight is 448 g/mol. The van der Waals surface area contributed by atoms with Crippen LogP contribution in [-0.4, -0.2) is 20.7 Å². The van der Waals surface area contributed by atoms with E-state index in [-0.39, 0.29) is 5.91 Å². The number of ether oxygens (including phenoxy) is 1. The van der Waals surface area contributed by atoms with Crippen LogP contribution in [0.15, 0.2) is 73.1 Å². The van der Waals surface area contributed by atoms with Crippen molar-refractivity contribution < 1.29 is 9.53 Å². The maximum atomic E-state index is 12.8. The summed E-state index contributed by atoms with van der Waals surface area (Å²) in [5, 5.41) is 11.0. The number of nitrogens with zero attached hydrogens (tertiary/aromatic N) is 3. The molecule has 0 radical (unpaired) electrons. The summed E-state index contributed by atoms with van der Waals surface area (Å²) in [6.07, 6.45) is 3.49. The largest absolute Gasteiger partial charge is 0.457 e. The Morgan fingerprint density at radius 2 is 1.94 bits per heavy atom. The van der Waals surface area contributed by atoms with Crippen LogP contribution in [-0.2, 0) is 13.6 Å². The SMILES string of the molecule is Cc1c(Oc2ccnc(Nc3ccn(C)n3)c2)cccc1C(=O)NCc1cccc(Cl)c1. The highest BCUT2D eigenvalue weighted by Crippen LogP contribution is 2.28. The first-order valence-electron chi connectivity index (χ1n) is 10.0. The molecule has 0 atom stereocenters. The summed E-state index contributed by atoms with van der Waals surface area (Å²) in [6, 6.07) is 18.2. The fourth-order valence-electron chi connectivity index (χ4n) is 3.18. The number of hydrogen-bond acceptors (Lipinski definition) is 5. The zero-order chi connectivity index (χ0) is 22.5. The van der Waals surface area contributed by atoms with Crippen molar-refractivity contribution in [1.82, 2.24) is 20.1 Å². The van der Waals surface area contributed by atoms with Crippen molar-refractivity contribution in [3.05, 3.63) is 94.8 Å². The molecule has 0 saturated heterocycles. The van der Waals surface area contributed by atoms with Gasteiger partial charge in [0.1, 0.15) is 17.3 Å². The van der Waals surface area contributed by atoms with Gasteiger partial charge < -0.3 is 15.4 Å². The van der Waals surface area contributed by atoms with Crippen LogP contribution in [0.3, 0.4) is 0 Å². The summed E-state index contributed by atoms with van der Waals surface area (Å²) < 4.78 is 7.76. The molecule has 2 aromatic carbocycles. The summed E-state index contributed by atoms with van der Waals surface area (Å²) in [4.78, 5) is 17.1. The Balaban J connectivity index is 1.46. The monoisotopic (exact) mass is 447 g/mol. The molecule has 4 aromatic rings. The van der Waals surface area contributed by atoms with Gasteiger partial charge in [-0.15, -0.1) is 0 Å². The van der Waals surface area contributed by atoms with Crippen molar-refractivity contribution in [2.24, 2.45) is 7.05 Å². The summed E-state index contributed by atoms with van der Waals surface area (Å²) >= 11 is 6.01. The Morgan fingerprint density at radius 1 is 1.09 bits per heavy atom. The fourth-order valence-corrected chi connectivity index (χ4v) is 3.39. The summed E-state index contributed by atoms with van der Waals surface area (Å²) in [6.45, 7) is 2.24. The first kappa shape index (κ1) is 21.4. The number of amides is 1. The highest BCUT2D eigenvalue weighted by molar-refractivity contribution is 6.30. The third kappa shape index (κ3) is 5.25. The number of aromatic nitrogens is 3. The van der Waals surface area contributed by atoms with E-state index in [0.29, 0.717) is 40.3 Å². The summed E-state index contributed by atoms with van der Waals surface area (Å²) in [7, 11) is 1.85. The average Bonchev–Trinajstić information content (AvgIpc) is 3.18. The van der Waals surface area contributed by atoms with Crippen LogP contribution in [0, 0.1) is 6.92 Å². The molecule has 2 heterocycles. The number of hydrogen-bond donors (Lipinski definition) is 2. The molecule has 0 aliphatic carbocycles. The predicted molar refractivity (Wildman–Crippen MR) is 125 cm³/mol. The van der Waals surface area contributed by atoms with Crippen LogP contribution < -0.4 is 15.4 Å². The molecule has 1 amide bonds. The second kappa shape index (κ2) is 9.53. The second-order valence-corrected chi connectivity index (χ2v) is 7.66. The van der Waals surface area contributed by atoms with E-state index in [4.69, 9.17) is 16.3 Å². The van der Waals surface area contributed by atoms with Crippen LogP contribution in [0.4, 0.5) is 11.6 Å². The zero-order valence-corrected chi connectivity index (χ0v) is 18.4. The minimum atomic E-state index is -0.180. The Labute approximate surface area is 191 Å². The molecule has 0 unspecified atom stereocenters. The van der Waals surface area contributed by atoms with Crippen LogP contribution in [0.5, 0.6) is 11.5 Å². The van der Waals surface area contributed by atoms with E-state index in [1.807, 2.05) is 50.5 Å². The van der Waals surface area contributed by atoms with Gasteiger partial charge in [0.2, 0.25) is 0 Å². The number of carbonyl (C=O) groups excluding carboxylic acids is 1. The number of benzene rings is 2. The van der Waals surface area contributed by atoms with Crippen molar-refractivity contribution in [2.75, 3.05) is 5.32 Å². The molecule has 8 heteroatoms. The normalized spacial score (nSPS) is 10.6. The lowest BCUT2D eigenvalue weighted by atomic mass is 10.1. The molecule has 7 nitrogen and oxygen atoms in total. The first-order valence-corrected chi connectivity index (χ1v) is 10.4. The third-order valence-corrected chi connectivity index (χ3v) is 5.03. The molecule has 0 saturated carbocycles. The van der Waals surface area contributed by atoms with E-state index in [2.05, 4.69) is 20.7 Å². The standard InChI is InChI=1S/C24H22ClN5O2/c1-16-20(24(31)27-15-17-5-3-6-18(25)13-17)7-4-8-21(16)32-19-9-11-26-23(14-19)28-22-10-12-30(2)29-22/h3-14H,15H2,1-2H3,(H,27,31)(H,26,28,29). The summed E-state index contributed by atoms with van der Waals surface area (Å²) in [5.41, 5.74) is 2.22. The number of rotatable bonds is 7. The van der Waals surface area contributed by atoms with E-state index in [9.17, 15) is 4.79 Å². The Hall–Kier alpha value is -3.84. The molecule has 2 aromatic heterocycles. The topological polar surface area (TPSA) is 81.1 Å². The highest BCUT2D eigenvalue weighted by Gasteiger charge is 2.13. The Bertz CT molecular complexity index is 1250. The minimum Gasteiger partial charge on any atom is -0.457 e. The van der Waals surface area contributed by atoms with Gasteiger partial charge in [-0.3, -0.25) is 9.48 Å². The Kier molecular flexibility index (Phi) is 6.37. The molecule has 0 bridgehead atoms. The van der Waals surface area contributed by atoms with Gasteiger partial charge in [0.05, 0.1) is 0 Å². The smallest absolute Gasteiger partial charge is 0.251 e. The third-order valence-electron chi connectivity index (χ3n) is 4.80. The maximum Gasteiger partial charge on any atom is 0.251 e. The second-order valence-electron chi connectivity index (χ2n) is 7.22. The number of anilines is 2. The Morgan fingerprint density at radius 3 is 2.72 bits per heavy atom. The molecule has 0 fully saturated rings. The van der Waals surface area contributed by atoms with Gasteiger partial charge in [-0.25, -0.2) is 4.98 Å². The van der Waals surface area contributed by atoms with E-state index in [1.54, 1.807) is 41.2 Å². The lowest BCUT2D eigenvalue weighted by Crippen LogP contribution is -2.23. The number of aryl methyl sites for hydroxylation is 1. The fraction of sp³-hybridized carbons (Fsp3) is 0.125. The molecule has 0 aliphatic rings. The van der Waals surface area contributed by atoms with Crippen LogP contribution in [0.2, 0.25) is 5.02 Å². The molecular weight excluding hydrogens is 426 g/mol. The highest BCUT2D eigenvalue weighted by atomic mass is 35.5. The molecule has 32 heavy (non-hydrogen) atoms. The van der Waals surface area contributed by atoms with E-state index in [0.717, 1.165) is 11.1 Å². The van der Waals surface area contributed by atoms with Crippen molar-refractivity contribution in [3.63, 3.8) is 0 Å². The van der Waals surface area contributed by atoms with Gasteiger partial charge in [0.25, 0.3) is 5.91 Å². The molecular formula is C24H22ClN5O2. The van der Waals surface area contributed by atoms with Crippen molar-refractivity contribution in [2.45, 2.75) is 13.5 Å². The summed E-state index contributed by atoms with van der Waals surface area (Å²) in [5.74, 6) is 2.30. The van der Waals surface area contributed by atoms with Gasteiger partial charge in [0.15, 0.2) is 5.82 Å². The molecule has 162 valence electrons. The number of carbonyl (C=O) groups is 1. The van der Waals surface area contributed by atoms with Crippen molar-refractivity contribution in [3.8, 4) is 11.5 Å². The first-order chi connectivity index (χ1) is 15.5. The minimum absolute atomic E-state index is 0.180. The maximum absolute atomic E-state index is 12.8. The zero-order valence-electron chi connectivity index (χ0n) is 17.7. The molecule has 0 spiro atoms. The molecule has 4 rings (SSSR count). The van der Waals surface area contributed by atoms with Gasteiger partial charge in [-0.05, 0) is 42.8 Å². The van der Waals surface area contributed by atoms with Crippen LogP contribution in [0.1, 0.15) is 21.5 Å². The number of halogens is 1. The lowest BCUT2D eigenvalue weighted by molar-refractivity contribution is 0.0950. The van der Waals surface area contributed by atoms with E-state index >= 15 is 0 Å².